The second kappa shape index (κ2) is 6.87. The molecule has 124 valence electrons. The summed E-state index contributed by atoms with van der Waals surface area (Å²) < 4.78 is 6.47. The molecule has 5 nitrogen and oxygen atoms in total. The molecule has 3 rings (SSSR count). The Labute approximate surface area is 141 Å². The number of ether oxygens (including phenoxy) is 1. The summed E-state index contributed by atoms with van der Waals surface area (Å²) in [4.78, 5) is 16.4. The molecule has 0 spiro atoms. The molecule has 1 aliphatic rings. The number of carbonyl (C=O) groups is 1. The van der Waals surface area contributed by atoms with Crippen LogP contribution in [0.25, 0.3) is 5.65 Å². The van der Waals surface area contributed by atoms with Gasteiger partial charge in [0.05, 0.1) is 6.61 Å². The summed E-state index contributed by atoms with van der Waals surface area (Å²) in [7, 11) is 0. The van der Waals surface area contributed by atoms with Gasteiger partial charge < -0.3 is 4.74 Å². The van der Waals surface area contributed by atoms with Crippen LogP contribution in [0.5, 0.6) is 0 Å². The monoisotopic (exact) mass is 335 g/mol. The van der Waals surface area contributed by atoms with E-state index < -0.39 is 5.97 Å². The summed E-state index contributed by atoms with van der Waals surface area (Å²) in [6.07, 6.45) is 6.09. The van der Waals surface area contributed by atoms with Crippen LogP contribution in [0.4, 0.5) is 0 Å². The Balaban J connectivity index is 1.86. The Kier molecular flexibility index (Phi) is 4.85. The highest BCUT2D eigenvalue weighted by molar-refractivity contribution is 6.29. The second-order valence-electron chi connectivity index (χ2n) is 6.32. The third-order valence-electron chi connectivity index (χ3n) is 4.68. The van der Waals surface area contributed by atoms with Gasteiger partial charge in [0.15, 0.2) is 11.3 Å². The van der Waals surface area contributed by atoms with E-state index in [0.717, 1.165) is 18.0 Å². The van der Waals surface area contributed by atoms with E-state index in [4.69, 9.17) is 16.3 Å². The summed E-state index contributed by atoms with van der Waals surface area (Å²) in [6, 6.07) is 3.50. The highest BCUT2D eigenvalue weighted by Gasteiger charge is 2.23. The van der Waals surface area contributed by atoms with Crippen molar-refractivity contribution in [1.29, 1.82) is 0 Å². The molecule has 6 heteroatoms. The SMILES string of the molecule is CCOC(=O)c1cc2nc(CC3CCCCC3C)cc(Cl)n2n1. The molecule has 0 saturated heterocycles. The van der Waals surface area contributed by atoms with Gasteiger partial charge in [-0.2, -0.15) is 5.10 Å². The van der Waals surface area contributed by atoms with E-state index >= 15 is 0 Å². The number of carbonyl (C=O) groups excluding carboxylic acids is 1. The first-order chi connectivity index (χ1) is 11.1. The number of aromatic nitrogens is 3. The van der Waals surface area contributed by atoms with E-state index in [9.17, 15) is 4.79 Å². The summed E-state index contributed by atoms with van der Waals surface area (Å²) in [6.45, 7) is 4.41. The lowest BCUT2D eigenvalue weighted by molar-refractivity contribution is 0.0519. The average molecular weight is 336 g/mol. The van der Waals surface area contributed by atoms with Gasteiger partial charge in [-0.1, -0.05) is 37.8 Å². The maximum absolute atomic E-state index is 11.8. The van der Waals surface area contributed by atoms with Gasteiger partial charge in [0.25, 0.3) is 0 Å². The number of esters is 1. The van der Waals surface area contributed by atoms with Crippen LogP contribution >= 0.6 is 11.6 Å². The van der Waals surface area contributed by atoms with Crippen LogP contribution in [0.2, 0.25) is 5.15 Å². The molecule has 2 aromatic rings. The first-order valence-electron chi connectivity index (χ1n) is 8.30. The van der Waals surface area contributed by atoms with Crippen molar-refractivity contribution in [3.8, 4) is 0 Å². The zero-order chi connectivity index (χ0) is 16.4. The van der Waals surface area contributed by atoms with Crippen molar-refractivity contribution in [3.63, 3.8) is 0 Å². The molecule has 2 unspecified atom stereocenters. The quantitative estimate of drug-likeness (QED) is 0.627. The zero-order valence-electron chi connectivity index (χ0n) is 13.6. The molecule has 0 aliphatic heterocycles. The van der Waals surface area contributed by atoms with E-state index in [1.807, 2.05) is 6.07 Å². The summed E-state index contributed by atoms with van der Waals surface area (Å²) in [5.74, 6) is 0.930. The largest absolute Gasteiger partial charge is 0.461 e. The van der Waals surface area contributed by atoms with Crippen LogP contribution in [0.15, 0.2) is 12.1 Å². The zero-order valence-corrected chi connectivity index (χ0v) is 14.3. The van der Waals surface area contributed by atoms with E-state index in [-0.39, 0.29) is 5.69 Å². The van der Waals surface area contributed by atoms with Gasteiger partial charge in [0.1, 0.15) is 5.15 Å². The standard InChI is InChI=1S/C17H22ClN3O2/c1-3-23-17(22)14-10-16-19-13(9-15(18)21(16)20-14)8-12-7-5-4-6-11(12)2/h9-12H,3-8H2,1-2H3. The van der Waals surface area contributed by atoms with Crippen LogP contribution in [-0.4, -0.2) is 27.2 Å². The molecule has 2 aromatic heterocycles. The molecule has 1 saturated carbocycles. The predicted octanol–water partition coefficient (Wildman–Crippen LogP) is 3.93. The van der Waals surface area contributed by atoms with Crippen molar-refractivity contribution in [2.75, 3.05) is 6.61 Å². The summed E-state index contributed by atoms with van der Waals surface area (Å²) in [5, 5.41) is 4.66. The van der Waals surface area contributed by atoms with Crippen molar-refractivity contribution < 1.29 is 9.53 Å². The van der Waals surface area contributed by atoms with Gasteiger partial charge >= 0.3 is 5.97 Å². The molecule has 2 atom stereocenters. The van der Waals surface area contributed by atoms with Gasteiger partial charge in [0.2, 0.25) is 0 Å². The van der Waals surface area contributed by atoms with E-state index in [0.29, 0.717) is 23.3 Å². The third kappa shape index (κ3) is 3.50. The number of nitrogens with zero attached hydrogens (tertiary/aromatic N) is 3. The van der Waals surface area contributed by atoms with E-state index in [2.05, 4.69) is 17.0 Å². The number of hydrogen-bond acceptors (Lipinski definition) is 4. The van der Waals surface area contributed by atoms with Crippen molar-refractivity contribution in [2.45, 2.75) is 46.0 Å². The normalized spacial score (nSPS) is 21.5. The maximum Gasteiger partial charge on any atom is 0.358 e. The van der Waals surface area contributed by atoms with Gasteiger partial charge in [-0.3, -0.25) is 0 Å². The van der Waals surface area contributed by atoms with E-state index in [1.54, 1.807) is 13.0 Å². The van der Waals surface area contributed by atoms with Crippen LogP contribution in [0, 0.1) is 11.8 Å². The second-order valence-corrected chi connectivity index (χ2v) is 6.70. The predicted molar refractivity (Wildman–Crippen MR) is 88.8 cm³/mol. The lowest BCUT2D eigenvalue weighted by Crippen LogP contribution is -2.19. The smallest absolute Gasteiger partial charge is 0.358 e. The number of fused-ring (bicyclic) bond motifs is 1. The fourth-order valence-corrected chi connectivity index (χ4v) is 3.61. The Morgan fingerprint density at radius 3 is 2.91 bits per heavy atom. The van der Waals surface area contributed by atoms with Crippen molar-refractivity contribution in [1.82, 2.24) is 14.6 Å². The van der Waals surface area contributed by atoms with Crippen LogP contribution in [-0.2, 0) is 11.2 Å². The molecule has 0 aromatic carbocycles. The lowest BCUT2D eigenvalue weighted by Gasteiger charge is -2.28. The molecule has 0 radical (unpaired) electrons. The highest BCUT2D eigenvalue weighted by Crippen LogP contribution is 2.32. The molecule has 0 amide bonds. The van der Waals surface area contributed by atoms with Crippen molar-refractivity contribution >= 4 is 23.2 Å². The Morgan fingerprint density at radius 1 is 1.39 bits per heavy atom. The molecule has 0 N–H and O–H groups in total. The first kappa shape index (κ1) is 16.2. The Morgan fingerprint density at radius 2 is 2.17 bits per heavy atom. The fourth-order valence-electron chi connectivity index (χ4n) is 3.36. The van der Waals surface area contributed by atoms with Gasteiger partial charge in [-0.05, 0) is 37.7 Å². The first-order valence-corrected chi connectivity index (χ1v) is 8.68. The fraction of sp³-hybridized carbons (Fsp3) is 0.588. The van der Waals surface area contributed by atoms with E-state index in [1.165, 1.54) is 30.2 Å². The lowest BCUT2D eigenvalue weighted by atomic mass is 9.78. The molecular formula is C17H22ClN3O2. The molecular weight excluding hydrogens is 314 g/mol. The topological polar surface area (TPSA) is 56.5 Å². The molecule has 1 fully saturated rings. The molecule has 1 aliphatic carbocycles. The number of halogens is 1. The van der Waals surface area contributed by atoms with Crippen molar-refractivity contribution in [3.05, 3.63) is 28.7 Å². The third-order valence-corrected chi connectivity index (χ3v) is 4.95. The molecule has 23 heavy (non-hydrogen) atoms. The van der Waals surface area contributed by atoms with Gasteiger partial charge in [0, 0.05) is 11.8 Å². The van der Waals surface area contributed by atoms with Crippen LogP contribution in [0.3, 0.4) is 0 Å². The minimum absolute atomic E-state index is 0.240. The number of hydrogen-bond donors (Lipinski definition) is 0. The summed E-state index contributed by atoms with van der Waals surface area (Å²) in [5.41, 5.74) is 1.81. The Bertz CT molecular complexity index is 713. The van der Waals surface area contributed by atoms with Crippen LogP contribution in [0.1, 0.15) is 55.7 Å². The van der Waals surface area contributed by atoms with Crippen molar-refractivity contribution in [2.24, 2.45) is 11.8 Å². The number of rotatable bonds is 4. The Hall–Kier alpha value is -1.62. The minimum atomic E-state index is -0.448. The highest BCUT2D eigenvalue weighted by atomic mass is 35.5. The maximum atomic E-state index is 11.8. The summed E-state index contributed by atoms with van der Waals surface area (Å²) >= 11 is 6.32. The minimum Gasteiger partial charge on any atom is -0.461 e. The average Bonchev–Trinajstić information content (AvgIpc) is 2.95. The van der Waals surface area contributed by atoms with Gasteiger partial charge in [-0.15, -0.1) is 0 Å². The van der Waals surface area contributed by atoms with Crippen LogP contribution < -0.4 is 0 Å². The molecule has 2 heterocycles. The van der Waals surface area contributed by atoms with Gasteiger partial charge in [-0.25, -0.2) is 14.3 Å². The molecule has 0 bridgehead atoms.